The van der Waals surface area contributed by atoms with Crippen LogP contribution >= 0.6 is 12.0 Å². The summed E-state index contributed by atoms with van der Waals surface area (Å²) >= 11 is 0.595. The first-order chi connectivity index (χ1) is 6.93. The topological polar surface area (TPSA) is 87.3 Å². The molecular weight excluding hydrogens is 222 g/mol. The zero-order valence-corrected chi connectivity index (χ0v) is 9.20. The van der Waals surface area contributed by atoms with E-state index in [2.05, 4.69) is 9.28 Å². The van der Waals surface area contributed by atoms with Crippen LogP contribution in [0, 0.1) is 17.0 Å². The van der Waals surface area contributed by atoms with Gasteiger partial charge in [0.15, 0.2) is 0 Å². The van der Waals surface area contributed by atoms with Crippen LogP contribution in [0.3, 0.4) is 0 Å². The number of aromatic nitrogens is 2. The molecule has 8 heteroatoms. The van der Waals surface area contributed by atoms with Crippen molar-refractivity contribution in [2.45, 2.75) is 18.9 Å². The zero-order chi connectivity index (χ0) is 11.6. The maximum atomic E-state index is 10.7. The third-order valence-electron chi connectivity index (χ3n) is 1.69. The van der Waals surface area contributed by atoms with Gasteiger partial charge in [0.25, 0.3) is 0 Å². The van der Waals surface area contributed by atoms with Crippen molar-refractivity contribution in [3.8, 4) is 0 Å². The molecule has 82 valence electrons. The predicted molar refractivity (Wildman–Crippen MR) is 52.2 cm³/mol. The smallest absolute Gasteiger partial charge is 0.327 e. The highest BCUT2D eigenvalue weighted by atomic mass is 32.2. The number of aryl methyl sites for hydroxylation is 1. The van der Waals surface area contributed by atoms with Crippen molar-refractivity contribution in [2.75, 3.05) is 0 Å². The van der Waals surface area contributed by atoms with Crippen molar-refractivity contribution in [1.29, 1.82) is 0 Å². The van der Waals surface area contributed by atoms with E-state index >= 15 is 0 Å². The Bertz CT molecular complexity index is 415. The Hall–Kier alpha value is -1.57. The normalized spacial score (nSPS) is 10.1. The van der Waals surface area contributed by atoms with E-state index in [0.29, 0.717) is 17.7 Å². The fraction of sp³-hybridized carbons (Fsp3) is 0.429. The third-order valence-corrected chi connectivity index (χ3v) is 2.44. The largest absolute Gasteiger partial charge is 0.384 e. The Labute approximate surface area is 89.8 Å². The lowest BCUT2D eigenvalue weighted by molar-refractivity contribution is -0.388. The van der Waals surface area contributed by atoms with E-state index in [9.17, 15) is 14.9 Å². The van der Waals surface area contributed by atoms with Gasteiger partial charge in [0.1, 0.15) is 17.7 Å². The fourth-order valence-corrected chi connectivity index (χ4v) is 1.58. The molecule has 0 amide bonds. The monoisotopic (exact) mass is 231 g/mol. The number of nitro groups is 1. The lowest BCUT2D eigenvalue weighted by Crippen LogP contribution is -1.94. The van der Waals surface area contributed by atoms with Crippen LogP contribution in [-0.2, 0) is 16.0 Å². The summed E-state index contributed by atoms with van der Waals surface area (Å²) in [6.45, 7) is 2.79. The van der Waals surface area contributed by atoms with Gasteiger partial charge in [-0.25, -0.2) is 0 Å². The van der Waals surface area contributed by atoms with Crippen LogP contribution in [0.25, 0.3) is 0 Å². The number of carbonyl (C=O) groups excluding carboxylic acids is 1. The summed E-state index contributed by atoms with van der Waals surface area (Å²) < 4.78 is 5.95. The minimum absolute atomic E-state index is 0.0789. The van der Waals surface area contributed by atoms with E-state index in [-0.39, 0.29) is 10.7 Å². The second-order valence-corrected chi connectivity index (χ2v) is 3.50. The van der Waals surface area contributed by atoms with E-state index in [0.717, 1.165) is 0 Å². The number of hydrogen-bond acceptors (Lipinski definition) is 6. The van der Waals surface area contributed by atoms with Crippen molar-refractivity contribution in [2.24, 2.45) is 7.05 Å². The lowest BCUT2D eigenvalue weighted by Gasteiger charge is -1.94. The second-order valence-electron chi connectivity index (χ2n) is 2.78. The van der Waals surface area contributed by atoms with Crippen LogP contribution in [0.5, 0.6) is 0 Å². The Morgan fingerprint density at radius 3 is 2.73 bits per heavy atom. The van der Waals surface area contributed by atoms with E-state index in [1.165, 1.54) is 11.6 Å². The van der Waals surface area contributed by atoms with Gasteiger partial charge in [-0.1, -0.05) is 0 Å². The Kier molecular flexibility index (Phi) is 3.30. The first-order valence-corrected chi connectivity index (χ1v) is 4.70. The summed E-state index contributed by atoms with van der Waals surface area (Å²) in [5.41, 5.74) is 0.276. The first kappa shape index (κ1) is 11.5. The van der Waals surface area contributed by atoms with Gasteiger partial charge in [-0.05, 0) is 6.92 Å². The first-order valence-electron chi connectivity index (χ1n) is 3.96. The van der Waals surface area contributed by atoms with E-state index in [4.69, 9.17) is 0 Å². The summed E-state index contributed by atoms with van der Waals surface area (Å²) in [7, 11) is 1.58. The molecule has 1 aromatic heterocycles. The molecule has 15 heavy (non-hydrogen) atoms. The van der Waals surface area contributed by atoms with Gasteiger partial charge < -0.3 is 4.18 Å². The number of hydrogen-bond donors (Lipinski definition) is 0. The van der Waals surface area contributed by atoms with Crippen LogP contribution in [0.2, 0.25) is 0 Å². The summed E-state index contributed by atoms with van der Waals surface area (Å²) in [6.07, 6.45) is 0. The molecule has 0 bridgehead atoms. The van der Waals surface area contributed by atoms with Crippen LogP contribution in [0.4, 0.5) is 5.69 Å². The molecule has 0 radical (unpaired) electrons. The maximum absolute atomic E-state index is 10.7. The Balaban J connectivity index is 3.01. The molecule has 1 rings (SSSR count). The van der Waals surface area contributed by atoms with Gasteiger partial charge >= 0.3 is 11.7 Å². The molecule has 1 aromatic rings. The molecule has 0 saturated heterocycles. The van der Waals surface area contributed by atoms with Crippen molar-refractivity contribution in [3.05, 3.63) is 15.8 Å². The van der Waals surface area contributed by atoms with E-state index in [1.807, 2.05) is 0 Å². The molecule has 0 aliphatic heterocycles. The molecule has 0 aliphatic rings. The second kappa shape index (κ2) is 4.30. The summed E-state index contributed by atoms with van der Waals surface area (Å²) in [6, 6.07) is 0. The van der Waals surface area contributed by atoms with E-state index in [1.54, 1.807) is 14.0 Å². The zero-order valence-electron chi connectivity index (χ0n) is 8.38. The lowest BCUT2D eigenvalue weighted by atomic mass is 10.4. The molecule has 0 N–H and O–H groups in total. The van der Waals surface area contributed by atoms with Crippen LogP contribution in [-0.4, -0.2) is 20.7 Å². The average molecular weight is 231 g/mol. The minimum Gasteiger partial charge on any atom is -0.384 e. The summed E-state index contributed by atoms with van der Waals surface area (Å²) in [5.74, 6) is -0.530. The number of rotatable bonds is 3. The standard InChI is InChI=1S/C7H9N3O4S/c1-4-6(10(12)13)7(8-9(4)3)15-14-5(2)11/h1-3H3. The fourth-order valence-electron chi connectivity index (χ4n) is 0.931. The highest BCUT2D eigenvalue weighted by Gasteiger charge is 2.25. The molecule has 0 fully saturated rings. The van der Waals surface area contributed by atoms with Gasteiger partial charge in [0, 0.05) is 14.0 Å². The molecule has 1 heterocycles. The van der Waals surface area contributed by atoms with Crippen LogP contribution in [0.15, 0.2) is 5.03 Å². The summed E-state index contributed by atoms with van der Waals surface area (Å²) in [4.78, 5) is 20.7. The average Bonchev–Trinajstić information content (AvgIpc) is 2.39. The third kappa shape index (κ3) is 2.46. The quantitative estimate of drug-likeness (QED) is 0.441. The highest BCUT2D eigenvalue weighted by molar-refractivity contribution is 7.95. The van der Waals surface area contributed by atoms with Crippen molar-refractivity contribution in [1.82, 2.24) is 9.78 Å². The van der Waals surface area contributed by atoms with Gasteiger partial charge in [0.2, 0.25) is 5.03 Å². The molecule has 0 aromatic carbocycles. The molecule has 7 nitrogen and oxygen atoms in total. The van der Waals surface area contributed by atoms with Crippen molar-refractivity contribution < 1.29 is 13.9 Å². The van der Waals surface area contributed by atoms with Crippen LogP contribution in [0.1, 0.15) is 12.6 Å². The SMILES string of the molecule is CC(=O)OSc1nn(C)c(C)c1[N+](=O)[O-]. The predicted octanol–water partition coefficient (Wildman–Crippen LogP) is 1.21. The summed E-state index contributed by atoms with van der Waals surface area (Å²) in [5, 5.41) is 14.6. The molecule has 0 unspecified atom stereocenters. The maximum Gasteiger partial charge on any atom is 0.327 e. The Morgan fingerprint density at radius 1 is 1.67 bits per heavy atom. The molecule has 0 atom stereocenters. The van der Waals surface area contributed by atoms with Gasteiger partial charge in [-0.2, -0.15) is 5.10 Å². The van der Waals surface area contributed by atoms with Crippen LogP contribution < -0.4 is 0 Å². The minimum atomic E-state index is -0.547. The molecule has 0 saturated carbocycles. The Morgan fingerprint density at radius 2 is 2.27 bits per heavy atom. The highest BCUT2D eigenvalue weighted by Crippen LogP contribution is 2.31. The molecule has 0 spiro atoms. The van der Waals surface area contributed by atoms with Crippen molar-refractivity contribution in [3.63, 3.8) is 0 Å². The molecule has 0 aliphatic carbocycles. The van der Waals surface area contributed by atoms with Gasteiger partial charge in [0.05, 0.1) is 4.92 Å². The number of nitrogens with zero attached hydrogens (tertiary/aromatic N) is 3. The number of carbonyl (C=O) groups is 1. The van der Waals surface area contributed by atoms with Gasteiger partial charge in [-0.15, -0.1) is 0 Å². The van der Waals surface area contributed by atoms with Gasteiger partial charge in [-0.3, -0.25) is 19.6 Å². The van der Waals surface area contributed by atoms with Crippen molar-refractivity contribution >= 4 is 23.7 Å². The molecular formula is C7H9N3O4S. The van der Waals surface area contributed by atoms with E-state index < -0.39 is 10.9 Å².